The molecule has 0 saturated heterocycles. The number of hydrogen-bond donors (Lipinski definition) is 1. The molecule has 0 aliphatic heterocycles. The van der Waals surface area contributed by atoms with E-state index in [0.717, 1.165) is 11.1 Å². The number of nitrogens with one attached hydrogen (secondary N) is 1. The number of nitro groups is 1. The monoisotopic (exact) mass is 431 g/mol. The molecule has 4 rings (SSSR count). The van der Waals surface area contributed by atoms with E-state index in [1.165, 1.54) is 23.8 Å². The van der Waals surface area contributed by atoms with Crippen molar-refractivity contribution in [3.05, 3.63) is 81.4 Å². The number of benzene rings is 3. The van der Waals surface area contributed by atoms with Crippen LogP contribution >= 0.6 is 0 Å². The van der Waals surface area contributed by atoms with Gasteiger partial charge in [-0.05, 0) is 74.4 Å². The van der Waals surface area contributed by atoms with Gasteiger partial charge in [-0.25, -0.2) is 4.98 Å². The fourth-order valence-corrected chi connectivity index (χ4v) is 3.29. The number of carbonyl (C=O) groups is 1. The van der Waals surface area contributed by atoms with Gasteiger partial charge in [-0.1, -0.05) is 6.07 Å². The van der Waals surface area contributed by atoms with Crippen molar-refractivity contribution in [2.24, 2.45) is 0 Å². The fourth-order valence-electron chi connectivity index (χ4n) is 3.29. The van der Waals surface area contributed by atoms with Crippen LogP contribution in [-0.2, 0) is 0 Å². The molecular weight excluding hydrogens is 410 g/mol. The quantitative estimate of drug-likeness (QED) is 0.311. The van der Waals surface area contributed by atoms with Crippen LogP contribution in [0.4, 0.5) is 11.4 Å². The molecular formula is C24H21N3O5. The average Bonchev–Trinajstić information content (AvgIpc) is 3.19. The summed E-state index contributed by atoms with van der Waals surface area (Å²) in [5.41, 5.74) is 4.77. The lowest BCUT2D eigenvalue weighted by molar-refractivity contribution is -0.385. The maximum absolute atomic E-state index is 12.7. The molecule has 8 heteroatoms. The van der Waals surface area contributed by atoms with Crippen LogP contribution in [0.15, 0.2) is 59.0 Å². The fraction of sp³-hybridized carbons (Fsp3) is 0.167. The van der Waals surface area contributed by atoms with E-state index < -0.39 is 10.8 Å². The topological polar surface area (TPSA) is 108 Å². The number of hydrogen-bond acceptors (Lipinski definition) is 6. The van der Waals surface area contributed by atoms with Crippen LogP contribution in [0.1, 0.15) is 28.4 Å². The number of carbonyl (C=O) groups excluding carboxylic acids is 1. The van der Waals surface area contributed by atoms with E-state index in [1.807, 2.05) is 32.0 Å². The third-order valence-corrected chi connectivity index (χ3v) is 5.12. The minimum atomic E-state index is -0.572. The second-order valence-electron chi connectivity index (χ2n) is 7.33. The van der Waals surface area contributed by atoms with Crippen molar-refractivity contribution in [1.82, 2.24) is 4.98 Å². The summed E-state index contributed by atoms with van der Waals surface area (Å²) in [6, 6.07) is 15.2. The Labute approximate surface area is 184 Å². The lowest BCUT2D eigenvalue weighted by Crippen LogP contribution is -2.12. The van der Waals surface area contributed by atoms with Crippen LogP contribution in [0.25, 0.3) is 22.6 Å². The molecule has 1 aromatic heterocycles. The van der Waals surface area contributed by atoms with Crippen molar-refractivity contribution in [3.8, 4) is 17.2 Å². The van der Waals surface area contributed by atoms with Crippen molar-refractivity contribution >= 4 is 28.4 Å². The Hall–Kier alpha value is -4.20. The number of nitro benzene ring substituents is 1. The van der Waals surface area contributed by atoms with E-state index >= 15 is 0 Å². The van der Waals surface area contributed by atoms with E-state index in [1.54, 1.807) is 25.1 Å². The van der Waals surface area contributed by atoms with E-state index in [2.05, 4.69) is 10.3 Å². The molecule has 8 nitrogen and oxygen atoms in total. The Morgan fingerprint density at radius 1 is 1.09 bits per heavy atom. The zero-order chi connectivity index (χ0) is 22.8. The summed E-state index contributed by atoms with van der Waals surface area (Å²) in [6.45, 7) is 6.09. The van der Waals surface area contributed by atoms with Crippen LogP contribution in [0.3, 0.4) is 0 Å². The molecule has 32 heavy (non-hydrogen) atoms. The smallest absolute Gasteiger partial charge is 0.311 e. The molecule has 0 atom stereocenters. The van der Waals surface area contributed by atoms with Crippen molar-refractivity contribution in [1.29, 1.82) is 0 Å². The van der Waals surface area contributed by atoms with Gasteiger partial charge in [-0.15, -0.1) is 0 Å². The molecule has 162 valence electrons. The Morgan fingerprint density at radius 2 is 1.91 bits per heavy atom. The minimum absolute atomic E-state index is 0.122. The molecule has 0 unspecified atom stereocenters. The van der Waals surface area contributed by atoms with Crippen LogP contribution in [0, 0.1) is 24.0 Å². The number of oxazole rings is 1. The first-order valence-corrected chi connectivity index (χ1v) is 10.1. The molecule has 1 heterocycles. The molecule has 4 aromatic rings. The summed E-state index contributed by atoms with van der Waals surface area (Å²) in [4.78, 5) is 28.0. The maximum Gasteiger partial charge on any atom is 0.311 e. The highest BCUT2D eigenvalue weighted by Gasteiger charge is 2.19. The second-order valence-corrected chi connectivity index (χ2v) is 7.33. The van der Waals surface area contributed by atoms with Gasteiger partial charge in [-0.3, -0.25) is 14.9 Å². The summed E-state index contributed by atoms with van der Waals surface area (Å²) in [5, 5.41) is 14.1. The molecule has 0 radical (unpaired) electrons. The summed E-state index contributed by atoms with van der Waals surface area (Å²) in [6.07, 6.45) is 0. The number of aromatic nitrogens is 1. The van der Waals surface area contributed by atoms with Crippen molar-refractivity contribution in [2.45, 2.75) is 20.8 Å². The summed E-state index contributed by atoms with van der Waals surface area (Å²) in [7, 11) is 0. The Balaban J connectivity index is 1.59. The molecule has 0 fully saturated rings. The third-order valence-electron chi connectivity index (χ3n) is 5.12. The van der Waals surface area contributed by atoms with Gasteiger partial charge in [0.25, 0.3) is 5.91 Å². The first kappa shape index (κ1) is 21.0. The number of aryl methyl sites for hydroxylation is 2. The van der Waals surface area contributed by atoms with Crippen LogP contribution in [-0.4, -0.2) is 22.4 Å². The van der Waals surface area contributed by atoms with Crippen molar-refractivity contribution in [2.75, 3.05) is 11.9 Å². The molecule has 0 bridgehead atoms. The number of rotatable bonds is 6. The van der Waals surface area contributed by atoms with Crippen LogP contribution < -0.4 is 10.1 Å². The van der Waals surface area contributed by atoms with Crippen LogP contribution in [0.2, 0.25) is 0 Å². The normalized spacial score (nSPS) is 10.8. The van der Waals surface area contributed by atoms with Gasteiger partial charge in [0.15, 0.2) is 11.3 Å². The summed E-state index contributed by atoms with van der Waals surface area (Å²) < 4.78 is 11.1. The zero-order valence-corrected chi connectivity index (χ0v) is 17.8. The highest BCUT2D eigenvalue weighted by atomic mass is 16.6. The molecule has 1 N–H and O–H groups in total. The third kappa shape index (κ3) is 4.15. The second kappa shape index (κ2) is 8.50. The predicted octanol–water partition coefficient (Wildman–Crippen LogP) is 5.67. The molecule has 0 aliphatic rings. The molecule has 0 spiro atoms. The lowest BCUT2D eigenvalue weighted by Gasteiger charge is -2.07. The first-order chi connectivity index (χ1) is 15.4. The van der Waals surface area contributed by atoms with Crippen LogP contribution in [0.5, 0.6) is 5.75 Å². The Bertz CT molecular complexity index is 1340. The molecule has 0 saturated carbocycles. The highest BCUT2D eigenvalue weighted by Crippen LogP contribution is 2.30. The van der Waals surface area contributed by atoms with Gasteiger partial charge >= 0.3 is 5.69 Å². The number of nitrogens with zero attached hydrogens (tertiary/aromatic N) is 2. The van der Waals surface area contributed by atoms with Crippen molar-refractivity contribution in [3.63, 3.8) is 0 Å². The lowest BCUT2D eigenvalue weighted by atomic mass is 10.1. The van der Waals surface area contributed by atoms with E-state index in [0.29, 0.717) is 22.7 Å². The summed E-state index contributed by atoms with van der Waals surface area (Å²) in [5.74, 6) is 0.138. The Morgan fingerprint density at radius 3 is 2.62 bits per heavy atom. The SMILES string of the molecule is CCOc1ccc(C(=O)Nc2ccc3oc(-c4ccc(C)c(C)c4)nc3c2)cc1[N+](=O)[O-]. The van der Waals surface area contributed by atoms with E-state index in [4.69, 9.17) is 9.15 Å². The maximum atomic E-state index is 12.7. The number of ether oxygens (including phenoxy) is 1. The molecule has 0 aliphatic carbocycles. The van der Waals surface area contributed by atoms with Gasteiger partial charge < -0.3 is 14.5 Å². The van der Waals surface area contributed by atoms with Gasteiger partial charge in [-0.2, -0.15) is 0 Å². The van der Waals surface area contributed by atoms with Gasteiger partial charge in [0.1, 0.15) is 5.52 Å². The predicted molar refractivity (Wildman–Crippen MR) is 121 cm³/mol. The Kier molecular flexibility index (Phi) is 5.59. The minimum Gasteiger partial charge on any atom is -0.487 e. The molecule has 1 amide bonds. The molecule has 3 aromatic carbocycles. The first-order valence-electron chi connectivity index (χ1n) is 10.1. The summed E-state index contributed by atoms with van der Waals surface area (Å²) >= 11 is 0. The van der Waals surface area contributed by atoms with Gasteiger partial charge in [0, 0.05) is 22.9 Å². The standard InChI is InChI=1S/C24H21N3O5/c1-4-31-22-9-7-16(12-20(22)27(29)30)23(28)25-18-8-10-21-19(13-18)26-24(32-21)17-6-5-14(2)15(3)11-17/h5-13H,4H2,1-3H3,(H,25,28). The number of fused-ring (bicyclic) bond motifs is 1. The van der Waals surface area contributed by atoms with Gasteiger partial charge in [0.2, 0.25) is 5.89 Å². The number of amides is 1. The zero-order valence-electron chi connectivity index (χ0n) is 17.8. The highest BCUT2D eigenvalue weighted by molar-refractivity contribution is 6.05. The van der Waals surface area contributed by atoms with E-state index in [-0.39, 0.29) is 23.6 Å². The largest absolute Gasteiger partial charge is 0.487 e. The van der Waals surface area contributed by atoms with E-state index in [9.17, 15) is 14.9 Å². The van der Waals surface area contributed by atoms with Gasteiger partial charge in [0.05, 0.1) is 11.5 Å². The van der Waals surface area contributed by atoms with Crippen molar-refractivity contribution < 1.29 is 18.9 Å². The average molecular weight is 431 g/mol. The number of anilines is 1.